The predicted molar refractivity (Wildman–Crippen MR) is 142 cm³/mol. The van der Waals surface area contributed by atoms with Crippen molar-refractivity contribution in [1.82, 2.24) is 20.2 Å². The monoisotopic (exact) mass is 521 g/mol. The summed E-state index contributed by atoms with van der Waals surface area (Å²) in [6.45, 7) is 1.79. The normalized spacial score (nSPS) is 11.3. The molecule has 1 heterocycles. The summed E-state index contributed by atoms with van der Waals surface area (Å²) in [5.41, 5.74) is 5.65. The average molecular weight is 522 g/mol. The van der Waals surface area contributed by atoms with Gasteiger partial charge in [-0.15, -0.1) is 10.2 Å². The lowest BCUT2D eigenvalue weighted by atomic mass is 10.1. The smallest absolute Gasteiger partial charge is 0.250 e. The molecule has 10 heteroatoms. The van der Waals surface area contributed by atoms with Gasteiger partial charge in [0.1, 0.15) is 11.5 Å². The van der Waals surface area contributed by atoms with E-state index in [0.717, 1.165) is 28.3 Å². The Kier molecular flexibility index (Phi) is 8.24. The quantitative estimate of drug-likeness (QED) is 0.184. The molecule has 0 aliphatic carbocycles. The zero-order valence-electron chi connectivity index (χ0n) is 19.9. The van der Waals surface area contributed by atoms with Crippen LogP contribution in [0.1, 0.15) is 12.5 Å². The number of benzene rings is 3. The molecule has 0 saturated heterocycles. The fourth-order valence-corrected chi connectivity index (χ4v) is 4.39. The Bertz CT molecular complexity index is 1370. The standard InChI is InChI=1S/C26H24ClN5O3S/c1-17(22-6-4-5-7-23(22)27)28-29-24(33)16-36-26-31-30-25(18-8-12-20(34-2)13-9-18)32(26)19-10-14-21(35-3)15-11-19/h4-15H,16H2,1-3H3,(H,29,33)/b28-17+. The van der Waals surface area contributed by atoms with Crippen LogP contribution in [0.15, 0.2) is 83.1 Å². The van der Waals surface area contributed by atoms with E-state index >= 15 is 0 Å². The number of thioether (sulfide) groups is 1. The second-order valence-corrected chi connectivity index (χ2v) is 8.92. The number of nitrogens with one attached hydrogen (secondary N) is 1. The van der Waals surface area contributed by atoms with Gasteiger partial charge in [0.2, 0.25) is 0 Å². The first-order chi connectivity index (χ1) is 17.5. The molecule has 4 aromatic rings. The number of carbonyl (C=O) groups is 1. The van der Waals surface area contributed by atoms with Crippen LogP contribution in [0.2, 0.25) is 5.02 Å². The Morgan fingerprint density at radius 2 is 1.61 bits per heavy atom. The van der Waals surface area contributed by atoms with Crippen molar-refractivity contribution in [2.75, 3.05) is 20.0 Å². The molecule has 0 fully saturated rings. The summed E-state index contributed by atoms with van der Waals surface area (Å²) in [6.07, 6.45) is 0. The summed E-state index contributed by atoms with van der Waals surface area (Å²) < 4.78 is 12.5. The Labute approximate surface area is 218 Å². The summed E-state index contributed by atoms with van der Waals surface area (Å²) in [7, 11) is 3.24. The number of rotatable bonds is 9. The van der Waals surface area contributed by atoms with Crippen LogP contribution < -0.4 is 14.9 Å². The Hall–Kier alpha value is -3.82. The lowest BCUT2D eigenvalue weighted by molar-refractivity contribution is -0.118. The van der Waals surface area contributed by atoms with Crippen molar-refractivity contribution in [3.8, 4) is 28.6 Å². The molecular weight excluding hydrogens is 498 g/mol. The van der Waals surface area contributed by atoms with Crippen LogP contribution in [0.3, 0.4) is 0 Å². The van der Waals surface area contributed by atoms with E-state index in [4.69, 9.17) is 21.1 Å². The van der Waals surface area contributed by atoms with Crippen molar-refractivity contribution in [3.63, 3.8) is 0 Å². The second kappa shape index (κ2) is 11.7. The van der Waals surface area contributed by atoms with Crippen LogP contribution >= 0.6 is 23.4 Å². The van der Waals surface area contributed by atoms with Crippen LogP contribution in [-0.2, 0) is 4.79 Å². The number of nitrogens with zero attached hydrogens (tertiary/aromatic N) is 4. The van der Waals surface area contributed by atoms with Crippen LogP contribution in [0.5, 0.6) is 11.5 Å². The Morgan fingerprint density at radius 3 is 2.25 bits per heavy atom. The van der Waals surface area contributed by atoms with E-state index in [2.05, 4.69) is 20.7 Å². The molecule has 0 spiro atoms. The number of ether oxygens (including phenoxy) is 2. The molecule has 0 aliphatic rings. The largest absolute Gasteiger partial charge is 0.497 e. The molecule has 0 unspecified atom stereocenters. The van der Waals surface area contributed by atoms with E-state index in [1.54, 1.807) is 27.2 Å². The fraction of sp³-hybridized carbons (Fsp3) is 0.154. The Balaban J connectivity index is 1.55. The van der Waals surface area contributed by atoms with Crippen molar-refractivity contribution in [2.24, 2.45) is 5.10 Å². The minimum absolute atomic E-state index is 0.0935. The first-order valence-corrected chi connectivity index (χ1v) is 12.3. The number of amides is 1. The molecule has 1 amide bonds. The van der Waals surface area contributed by atoms with Gasteiger partial charge in [0.15, 0.2) is 11.0 Å². The first-order valence-electron chi connectivity index (χ1n) is 10.9. The Morgan fingerprint density at radius 1 is 0.972 bits per heavy atom. The molecule has 0 bridgehead atoms. The highest BCUT2D eigenvalue weighted by atomic mass is 35.5. The van der Waals surface area contributed by atoms with E-state index in [1.165, 1.54) is 11.8 Å². The molecule has 0 saturated carbocycles. The summed E-state index contributed by atoms with van der Waals surface area (Å²) in [6, 6.07) is 22.4. The lowest BCUT2D eigenvalue weighted by Gasteiger charge is -2.11. The topological polar surface area (TPSA) is 90.6 Å². The van der Waals surface area contributed by atoms with Crippen LogP contribution in [0.4, 0.5) is 0 Å². The summed E-state index contributed by atoms with van der Waals surface area (Å²) >= 11 is 7.47. The number of halogens is 1. The van der Waals surface area contributed by atoms with Crippen molar-refractivity contribution in [2.45, 2.75) is 12.1 Å². The zero-order chi connectivity index (χ0) is 25.5. The first kappa shape index (κ1) is 25.3. The van der Waals surface area contributed by atoms with Gasteiger partial charge in [0.25, 0.3) is 5.91 Å². The highest BCUT2D eigenvalue weighted by molar-refractivity contribution is 7.99. The number of hydrazone groups is 1. The minimum Gasteiger partial charge on any atom is -0.497 e. The molecule has 1 aromatic heterocycles. The van der Waals surface area contributed by atoms with Crippen LogP contribution in [0, 0.1) is 0 Å². The van der Waals surface area contributed by atoms with Crippen LogP contribution in [0.25, 0.3) is 17.1 Å². The molecule has 3 aromatic carbocycles. The third kappa shape index (κ3) is 5.87. The highest BCUT2D eigenvalue weighted by Crippen LogP contribution is 2.29. The van der Waals surface area contributed by atoms with E-state index in [9.17, 15) is 4.79 Å². The molecule has 1 N–H and O–H groups in total. The van der Waals surface area contributed by atoms with Gasteiger partial charge >= 0.3 is 0 Å². The maximum absolute atomic E-state index is 12.6. The number of hydrogen-bond donors (Lipinski definition) is 1. The number of methoxy groups -OCH3 is 2. The highest BCUT2D eigenvalue weighted by Gasteiger charge is 2.18. The van der Waals surface area contributed by atoms with E-state index in [-0.39, 0.29) is 11.7 Å². The molecule has 8 nitrogen and oxygen atoms in total. The van der Waals surface area contributed by atoms with E-state index < -0.39 is 0 Å². The van der Waals surface area contributed by atoms with Gasteiger partial charge in [-0.3, -0.25) is 9.36 Å². The number of carbonyl (C=O) groups excluding carboxylic acids is 1. The van der Waals surface area contributed by atoms with Gasteiger partial charge in [-0.1, -0.05) is 41.6 Å². The molecule has 4 rings (SSSR count). The van der Waals surface area contributed by atoms with Gasteiger partial charge in [0.05, 0.1) is 25.7 Å². The van der Waals surface area contributed by atoms with Gasteiger partial charge < -0.3 is 9.47 Å². The number of aromatic nitrogens is 3. The maximum atomic E-state index is 12.6. The third-order valence-corrected chi connectivity index (χ3v) is 6.52. The molecule has 0 atom stereocenters. The summed E-state index contributed by atoms with van der Waals surface area (Å²) in [5, 5.41) is 14.1. The fourth-order valence-electron chi connectivity index (χ4n) is 3.38. The maximum Gasteiger partial charge on any atom is 0.250 e. The van der Waals surface area contributed by atoms with Crippen molar-refractivity contribution in [1.29, 1.82) is 0 Å². The average Bonchev–Trinajstić information content (AvgIpc) is 3.34. The van der Waals surface area contributed by atoms with Gasteiger partial charge in [-0.25, -0.2) is 5.43 Å². The van der Waals surface area contributed by atoms with E-state index in [1.807, 2.05) is 71.3 Å². The van der Waals surface area contributed by atoms with E-state index in [0.29, 0.717) is 21.7 Å². The molecule has 36 heavy (non-hydrogen) atoms. The van der Waals surface area contributed by atoms with Gasteiger partial charge in [0, 0.05) is 21.8 Å². The number of hydrogen-bond acceptors (Lipinski definition) is 7. The second-order valence-electron chi connectivity index (χ2n) is 7.57. The SMILES string of the molecule is COc1ccc(-c2nnc(SCC(=O)N/N=C(\C)c3ccccc3Cl)n2-c2ccc(OC)cc2)cc1. The summed E-state index contributed by atoms with van der Waals surface area (Å²) in [4.78, 5) is 12.6. The predicted octanol–water partition coefficient (Wildman–Crippen LogP) is 5.24. The summed E-state index contributed by atoms with van der Waals surface area (Å²) in [5.74, 6) is 1.93. The van der Waals surface area contributed by atoms with Crippen molar-refractivity contribution in [3.05, 3.63) is 83.4 Å². The lowest BCUT2D eigenvalue weighted by Crippen LogP contribution is -2.21. The van der Waals surface area contributed by atoms with Crippen molar-refractivity contribution < 1.29 is 14.3 Å². The molecule has 0 aliphatic heterocycles. The molecule has 184 valence electrons. The molecular formula is C26H24ClN5O3S. The van der Waals surface area contributed by atoms with Gasteiger partial charge in [-0.2, -0.15) is 5.10 Å². The van der Waals surface area contributed by atoms with Crippen molar-refractivity contribution >= 4 is 35.0 Å². The minimum atomic E-state index is -0.276. The van der Waals surface area contributed by atoms with Gasteiger partial charge in [-0.05, 0) is 61.5 Å². The zero-order valence-corrected chi connectivity index (χ0v) is 21.5. The molecule has 0 radical (unpaired) electrons. The van der Waals surface area contributed by atoms with Crippen LogP contribution in [-0.4, -0.2) is 46.4 Å². The third-order valence-electron chi connectivity index (χ3n) is 5.26.